The van der Waals surface area contributed by atoms with E-state index in [0.717, 1.165) is 28.7 Å². The standard InChI is InChI=1S/C23H24O5/c1-5-13(2)17-6-7-18-19(11-17)28-20(22(18)26)10-16-8-14(3)23(15(4)9-16)27-12-21(24)25/h6-11,13H,5,12H2,1-4H3,(H,24,25)/b20-10-. The van der Waals surface area contributed by atoms with E-state index in [1.807, 2.05) is 44.2 Å². The molecule has 1 heterocycles. The molecule has 1 aliphatic heterocycles. The maximum absolute atomic E-state index is 12.7. The van der Waals surface area contributed by atoms with Gasteiger partial charge in [-0.1, -0.05) is 19.9 Å². The number of hydrogen-bond donors (Lipinski definition) is 1. The fraction of sp³-hybridized carbons (Fsp3) is 0.304. The lowest BCUT2D eigenvalue weighted by molar-refractivity contribution is -0.139. The first-order chi connectivity index (χ1) is 13.3. The number of benzene rings is 2. The van der Waals surface area contributed by atoms with E-state index in [4.69, 9.17) is 14.6 Å². The van der Waals surface area contributed by atoms with E-state index in [1.54, 1.807) is 6.08 Å². The lowest BCUT2D eigenvalue weighted by Crippen LogP contribution is -2.11. The molecule has 2 aromatic carbocycles. The molecular weight excluding hydrogens is 356 g/mol. The van der Waals surface area contributed by atoms with Crippen molar-refractivity contribution in [3.63, 3.8) is 0 Å². The summed E-state index contributed by atoms with van der Waals surface area (Å²) in [5.74, 6) is 0.681. The number of carboxylic acids is 1. The summed E-state index contributed by atoms with van der Waals surface area (Å²) in [7, 11) is 0. The van der Waals surface area contributed by atoms with E-state index < -0.39 is 12.6 Å². The van der Waals surface area contributed by atoms with Crippen molar-refractivity contribution in [3.8, 4) is 11.5 Å². The zero-order chi connectivity index (χ0) is 20.4. The number of rotatable bonds is 6. The number of hydrogen-bond acceptors (Lipinski definition) is 4. The van der Waals surface area contributed by atoms with Gasteiger partial charge in [-0.05, 0) is 78.8 Å². The largest absolute Gasteiger partial charge is 0.481 e. The van der Waals surface area contributed by atoms with Crippen LogP contribution in [0, 0.1) is 13.8 Å². The molecule has 0 amide bonds. The third kappa shape index (κ3) is 3.93. The minimum atomic E-state index is -1.02. The first-order valence-corrected chi connectivity index (χ1v) is 9.34. The number of ketones is 1. The summed E-state index contributed by atoms with van der Waals surface area (Å²) in [5, 5.41) is 8.80. The van der Waals surface area contributed by atoms with Gasteiger partial charge in [-0.15, -0.1) is 0 Å². The smallest absolute Gasteiger partial charge is 0.341 e. The van der Waals surface area contributed by atoms with Crippen molar-refractivity contribution < 1.29 is 24.2 Å². The van der Waals surface area contributed by atoms with Crippen molar-refractivity contribution in [1.82, 2.24) is 0 Å². The summed E-state index contributed by atoms with van der Waals surface area (Å²) in [6.45, 7) is 7.57. The Hall–Kier alpha value is -3.08. The number of ether oxygens (including phenoxy) is 2. The second kappa shape index (κ2) is 7.89. The summed E-state index contributed by atoms with van der Waals surface area (Å²) >= 11 is 0. The van der Waals surface area contributed by atoms with Gasteiger partial charge in [0.05, 0.1) is 5.56 Å². The van der Waals surface area contributed by atoms with Crippen molar-refractivity contribution in [3.05, 3.63) is 63.9 Å². The van der Waals surface area contributed by atoms with E-state index in [1.165, 1.54) is 0 Å². The van der Waals surface area contributed by atoms with E-state index in [9.17, 15) is 9.59 Å². The monoisotopic (exact) mass is 380 g/mol. The highest BCUT2D eigenvalue weighted by Crippen LogP contribution is 2.35. The van der Waals surface area contributed by atoms with Gasteiger partial charge in [0.15, 0.2) is 12.4 Å². The van der Waals surface area contributed by atoms with Crippen molar-refractivity contribution in [2.24, 2.45) is 0 Å². The van der Waals surface area contributed by atoms with Gasteiger partial charge in [-0.3, -0.25) is 4.79 Å². The van der Waals surface area contributed by atoms with Crippen LogP contribution in [0.4, 0.5) is 0 Å². The van der Waals surface area contributed by atoms with Crippen LogP contribution in [0.3, 0.4) is 0 Å². The average molecular weight is 380 g/mol. The Kier molecular flexibility index (Phi) is 5.54. The lowest BCUT2D eigenvalue weighted by atomic mass is 9.96. The molecule has 3 rings (SSSR count). The van der Waals surface area contributed by atoms with Gasteiger partial charge >= 0.3 is 5.97 Å². The van der Waals surface area contributed by atoms with Gasteiger partial charge in [0.1, 0.15) is 11.5 Å². The molecule has 1 aliphatic rings. The Morgan fingerprint density at radius 3 is 2.50 bits per heavy atom. The Morgan fingerprint density at radius 2 is 1.89 bits per heavy atom. The molecule has 5 nitrogen and oxygen atoms in total. The van der Waals surface area contributed by atoms with Gasteiger partial charge in [0, 0.05) is 0 Å². The van der Waals surface area contributed by atoms with Crippen LogP contribution in [0.25, 0.3) is 6.08 Å². The SMILES string of the molecule is CCC(C)c1ccc2c(c1)O/C(=C\c1cc(C)c(OCC(=O)O)c(C)c1)C2=O. The highest BCUT2D eigenvalue weighted by Gasteiger charge is 2.28. The van der Waals surface area contributed by atoms with Crippen molar-refractivity contribution in [2.45, 2.75) is 40.0 Å². The maximum Gasteiger partial charge on any atom is 0.341 e. The number of allylic oxidation sites excluding steroid dienone is 1. The first-order valence-electron chi connectivity index (χ1n) is 9.34. The number of carbonyl (C=O) groups is 2. The number of Topliss-reactive ketones (excluding diaryl/α,β-unsaturated/α-hetero) is 1. The van der Waals surface area contributed by atoms with Crippen LogP contribution in [0.15, 0.2) is 36.1 Å². The van der Waals surface area contributed by atoms with Crippen LogP contribution < -0.4 is 9.47 Å². The second-order valence-corrected chi connectivity index (χ2v) is 7.17. The third-order valence-electron chi connectivity index (χ3n) is 5.00. The van der Waals surface area contributed by atoms with Gasteiger partial charge in [0.25, 0.3) is 0 Å². The topological polar surface area (TPSA) is 72.8 Å². The molecule has 0 fully saturated rings. The molecule has 2 aromatic rings. The number of fused-ring (bicyclic) bond motifs is 1. The minimum Gasteiger partial charge on any atom is -0.481 e. The fourth-order valence-corrected chi connectivity index (χ4v) is 3.33. The van der Waals surface area contributed by atoms with E-state index in [2.05, 4.69) is 13.8 Å². The molecule has 0 spiro atoms. The number of carboxylic acid groups (broad SMARTS) is 1. The minimum absolute atomic E-state index is 0.132. The molecule has 0 aliphatic carbocycles. The lowest BCUT2D eigenvalue weighted by Gasteiger charge is -2.12. The van der Waals surface area contributed by atoms with Crippen LogP contribution in [0.5, 0.6) is 11.5 Å². The maximum atomic E-state index is 12.7. The summed E-state index contributed by atoms with van der Waals surface area (Å²) in [6.07, 6.45) is 2.73. The molecule has 0 saturated carbocycles. The Morgan fingerprint density at radius 1 is 1.21 bits per heavy atom. The fourth-order valence-electron chi connectivity index (χ4n) is 3.33. The van der Waals surface area contributed by atoms with Crippen LogP contribution in [0.2, 0.25) is 0 Å². The van der Waals surface area contributed by atoms with E-state index in [-0.39, 0.29) is 11.5 Å². The molecule has 0 aromatic heterocycles. The van der Waals surface area contributed by atoms with Crippen LogP contribution >= 0.6 is 0 Å². The van der Waals surface area contributed by atoms with Gasteiger partial charge < -0.3 is 14.6 Å². The van der Waals surface area contributed by atoms with Crippen LogP contribution in [0.1, 0.15) is 58.8 Å². The predicted molar refractivity (Wildman–Crippen MR) is 107 cm³/mol. The van der Waals surface area contributed by atoms with Gasteiger partial charge in [0.2, 0.25) is 5.78 Å². The number of aryl methyl sites for hydroxylation is 2. The van der Waals surface area contributed by atoms with Crippen molar-refractivity contribution in [1.29, 1.82) is 0 Å². The van der Waals surface area contributed by atoms with E-state index >= 15 is 0 Å². The third-order valence-corrected chi connectivity index (χ3v) is 5.00. The average Bonchev–Trinajstić information content (AvgIpc) is 2.95. The van der Waals surface area contributed by atoms with Crippen molar-refractivity contribution >= 4 is 17.8 Å². The quantitative estimate of drug-likeness (QED) is 0.722. The second-order valence-electron chi connectivity index (χ2n) is 7.17. The molecule has 146 valence electrons. The Balaban J connectivity index is 1.88. The molecule has 1 unspecified atom stereocenters. The van der Waals surface area contributed by atoms with Gasteiger partial charge in [-0.25, -0.2) is 4.79 Å². The molecule has 0 saturated heterocycles. The zero-order valence-corrected chi connectivity index (χ0v) is 16.5. The van der Waals surface area contributed by atoms with Crippen LogP contribution in [-0.4, -0.2) is 23.5 Å². The van der Waals surface area contributed by atoms with Crippen LogP contribution in [-0.2, 0) is 4.79 Å². The summed E-state index contributed by atoms with van der Waals surface area (Å²) < 4.78 is 11.2. The zero-order valence-electron chi connectivity index (χ0n) is 16.5. The number of aliphatic carboxylic acids is 1. The molecular formula is C23H24O5. The number of carbonyl (C=O) groups excluding carboxylic acids is 1. The summed E-state index contributed by atoms with van der Waals surface area (Å²) in [5.41, 5.74) is 4.14. The van der Waals surface area contributed by atoms with Crippen molar-refractivity contribution in [2.75, 3.05) is 6.61 Å². The summed E-state index contributed by atoms with van der Waals surface area (Å²) in [4.78, 5) is 23.4. The molecule has 0 bridgehead atoms. The van der Waals surface area contributed by atoms with E-state index in [0.29, 0.717) is 23.0 Å². The molecule has 1 atom stereocenters. The normalized spacial score (nSPS) is 15.3. The molecule has 1 N–H and O–H groups in total. The highest BCUT2D eigenvalue weighted by atomic mass is 16.5. The summed E-state index contributed by atoms with van der Waals surface area (Å²) in [6, 6.07) is 9.46. The molecule has 0 radical (unpaired) electrons. The Labute approximate surface area is 164 Å². The predicted octanol–water partition coefficient (Wildman–Crippen LogP) is 4.90. The molecule has 28 heavy (non-hydrogen) atoms. The molecule has 5 heteroatoms. The highest BCUT2D eigenvalue weighted by molar-refractivity contribution is 6.14. The first kappa shape index (κ1) is 19.7. The Bertz CT molecular complexity index is 948. The van der Waals surface area contributed by atoms with Gasteiger partial charge in [-0.2, -0.15) is 0 Å².